The lowest BCUT2D eigenvalue weighted by molar-refractivity contribution is -0.158. The Balaban J connectivity index is 1.84. The summed E-state index contributed by atoms with van der Waals surface area (Å²) in [5.41, 5.74) is 1.23. The number of benzene rings is 3. The van der Waals surface area contributed by atoms with Gasteiger partial charge in [-0.1, -0.05) is 66.2 Å². The minimum atomic E-state index is -0.951. The molecule has 0 radical (unpaired) electrons. The number of amides is 1. The molecule has 0 fully saturated rings. The van der Waals surface area contributed by atoms with E-state index in [1.165, 1.54) is 12.1 Å². The Morgan fingerprint density at radius 3 is 2.29 bits per heavy atom. The van der Waals surface area contributed by atoms with Gasteiger partial charge >= 0.3 is 12.1 Å². The fourth-order valence-electron chi connectivity index (χ4n) is 4.64. The number of carbonyl (C=O) groups excluding carboxylic acids is 2. The molecule has 0 aromatic heterocycles. The summed E-state index contributed by atoms with van der Waals surface area (Å²) in [5, 5.41) is 3.42. The third kappa shape index (κ3) is 10.4. The molecule has 2 atom stereocenters. The minimum Gasteiger partial charge on any atom is -0.460 e. The highest BCUT2D eigenvalue weighted by molar-refractivity contribution is 6.30. The first-order valence-electron chi connectivity index (χ1n) is 14.2. The van der Waals surface area contributed by atoms with E-state index in [9.17, 15) is 14.0 Å². The quantitative estimate of drug-likeness (QED) is 0.159. The van der Waals surface area contributed by atoms with Gasteiger partial charge in [0.1, 0.15) is 18.0 Å². The average molecular weight is 598 g/mol. The Hall–Kier alpha value is -3.42. The monoisotopic (exact) mass is 597 g/mol. The fraction of sp³-hybridized carbons (Fsp3) is 0.412. The molecule has 1 N–H and O–H groups in total. The fourth-order valence-corrected chi connectivity index (χ4v) is 4.81. The Labute approximate surface area is 253 Å². The summed E-state index contributed by atoms with van der Waals surface area (Å²) >= 11 is 6.09. The van der Waals surface area contributed by atoms with Crippen molar-refractivity contribution in [2.45, 2.75) is 72.1 Å². The van der Waals surface area contributed by atoms with Crippen LogP contribution in [0.5, 0.6) is 0 Å². The summed E-state index contributed by atoms with van der Waals surface area (Å²) in [6, 6.07) is 20.9. The topological polar surface area (TPSA) is 73.9 Å². The van der Waals surface area contributed by atoms with E-state index >= 15 is 0 Å². The number of halogens is 2. The molecule has 0 bridgehead atoms. The van der Waals surface area contributed by atoms with E-state index in [2.05, 4.69) is 5.32 Å². The van der Waals surface area contributed by atoms with Gasteiger partial charge in [-0.25, -0.2) is 9.18 Å². The molecule has 0 aliphatic heterocycles. The summed E-state index contributed by atoms with van der Waals surface area (Å²) < 4.78 is 31.3. The number of hydrogen-bond acceptors (Lipinski definition) is 5. The zero-order valence-corrected chi connectivity index (χ0v) is 25.8. The van der Waals surface area contributed by atoms with Crippen molar-refractivity contribution in [2.75, 3.05) is 13.2 Å². The van der Waals surface area contributed by atoms with Gasteiger partial charge in [-0.05, 0) is 88.8 Å². The first kappa shape index (κ1) is 33.1. The summed E-state index contributed by atoms with van der Waals surface area (Å²) in [7, 11) is 0. The maximum absolute atomic E-state index is 14.4. The van der Waals surface area contributed by atoms with Crippen LogP contribution in [0.15, 0.2) is 72.8 Å². The van der Waals surface area contributed by atoms with Gasteiger partial charge in [0.25, 0.3) is 0 Å². The molecular weight excluding hydrogens is 557 g/mol. The number of ether oxygens (including phenoxy) is 3. The van der Waals surface area contributed by atoms with Gasteiger partial charge in [0.15, 0.2) is 0 Å². The molecule has 0 unspecified atom stereocenters. The zero-order chi connectivity index (χ0) is 30.8. The van der Waals surface area contributed by atoms with Crippen LogP contribution >= 0.6 is 11.6 Å². The van der Waals surface area contributed by atoms with Crippen LogP contribution in [-0.2, 0) is 32.0 Å². The number of nitrogens with one attached hydrogen (secondary N) is 1. The van der Waals surface area contributed by atoms with Crippen molar-refractivity contribution in [1.29, 1.82) is 0 Å². The average Bonchev–Trinajstić information content (AvgIpc) is 2.93. The Morgan fingerprint density at radius 1 is 0.952 bits per heavy atom. The first-order valence-corrected chi connectivity index (χ1v) is 14.6. The van der Waals surface area contributed by atoms with Crippen LogP contribution in [-0.4, -0.2) is 36.9 Å². The highest BCUT2D eigenvalue weighted by Crippen LogP contribution is 2.32. The van der Waals surface area contributed by atoms with Gasteiger partial charge in [0, 0.05) is 29.8 Å². The van der Waals surface area contributed by atoms with E-state index in [1.54, 1.807) is 26.8 Å². The Bertz CT molecular complexity index is 1310. The third-order valence-electron chi connectivity index (χ3n) is 6.80. The second-order valence-corrected chi connectivity index (χ2v) is 12.1. The Kier molecular flexibility index (Phi) is 11.9. The van der Waals surface area contributed by atoms with E-state index in [4.69, 9.17) is 25.8 Å². The van der Waals surface area contributed by atoms with E-state index in [-0.39, 0.29) is 24.8 Å². The van der Waals surface area contributed by atoms with Crippen molar-refractivity contribution < 1.29 is 28.2 Å². The van der Waals surface area contributed by atoms with Crippen molar-refractivity contribution in [3.8, 4) is 11.1 Å². The van der Waals surface area contributed by atoms with E-state index in [0.29, 0.717) is 42.2 Å². The van der Waals surface area contributed by atoms with E-state index in [1.807, 2.05) is 68.4 Å². The lowest BCUT2D eigenvalue weighted by Gasteiger charge is -2.32. The molecule has 3 rings (SSSR count). The van der Waals surface area contributed by atoms with Crippen LogP contribution in [0.1, 0.15) is 58.6 Å². The molecule has 6 nitrogen and oxygen atoms in total. The number of hydrogen-bond donors (Lipinski definition) is 1. The van der Waals surface area contributed by atoms with Crippen molar-refractivity contribution >= 4 is 23.7 Å². The van der Waals surface area contributed by atoms with Crippen LogP contribution < -0.4 is 5.32 Å². The lowest BCUT2D eigenvalue weighted by atomic mass is 9.79. The predicted octanol–water partition coefficient (Wildman–Crippen LogP) is 8.15. The molecule has 0 heterocycles. The predicted molar refractivity (Wildman–Crippen MR) is 164 cm³/mol. The highest BCUT2D eigenvalue weighted by Gasteiger charge is 2.38. The molecule has 226 valence electrons. The molecule has 42 heavy (non-hydrogen) atoms. The molecule has 0 aliphatic rings. The van der Waals surface area contributed by atoms with Crippen molar-refractivity contribution in [2.24, 2.45) is 5.41 Å². The van der Waals surface area contributed by atoms with E-state index < -0.39 is 23.2 Å². The summed E-state index contributed by atoms with van der Waals surface area (Å²) in [6.07, 6.45) is 0.536. The van der Waals surface area contributed by atoms with Crippen LogP contribution in [0.3, 0.4) is 0 Å². The molecule has 3 aromatic carbocycles. The van der Waals surface area contributed by atoms with Crippen LogP contribution in [0.4, 0.5) is 9.18 Å². The first-order chi connectivity index (χ1) is 19.9. The second kappa shape index (κ2) is 15.2. The highest BCUT2D eigenvalue weighted by atomic mass is 35.5. The number of esters is 1. The molecule has 3 aromatic rings. The van der Waals surface area contributed by atoms with Crippen molar-refractivity contribution in [1.82, 2.24) is 5.32 Å². The molecule has 1 amide bonds. The maximum atomic E-state index is 14.4. The van der Waals surface area contributed by atoms with Crippen LogP contribution in [0, 0.1) is 11.2 Å². The minimum absolute atomic E-state index is 0.148. The third-order valence-corrected chi connectivity index (χ3v) is 7.04. The molecule has 0 saturated carbocycles. The van der Waals surface area contributed by atoms with Gasteiger partial charge in [-0.3, -0.25) is 4.79 Å². The maximum Gasteiger partial charge on any atom is 0.407 e. The standard InChI is InChI=1S/C34H41ClFNO5/c1-6-40-19-18-34(5,31(38)41-23-25-10-8-7-9-11-25)22-28(37-32(39)42-33(2,3)4)20-24-12-14-26(15-13-24)29-21-27(35)16-17-30(29)36/h7-17,21,28H,6,18-20,22-23H2,1-5H3,(H,37,39)/t28-,34-/m1/s1. The van der Waals surface area contributed by atoms with E-state index in [0.717, 1.165) is 11.1 Å². The van der Waals surface area contributed by atoms with Crippen LogP contribution in [0.2, 0.25) is 5.02 Å². The van der Waals surface area contributed by atoms with Gasteiger partial charge in [0.2, 0.25) is 0 Å². The molecule has 8 heteroatoms. The lowest BCUT2D eigenvalue weighted by Crippen LogP contribution is -2.45. The SMILES string of the molecule is CCOCC[C@](C)(C[C@@H](Cc1ccc(-c2cc(Cl)ccc2F)cc1)NC(=O)OC(C)(C)C)C(=O)OCc1ccccc1. The Morgan fingerprint density at radius 2 is 1.64 bits per heavy atom. The summed E-state index contributed by atoms with van der Waals surface area (Å²) in [6.45, 7) is 10.2. The van der Waals surface area contributed by atoms with Gasteiger partial charge in [-0.15, -0.1) is 0 Å². The summed E-state index contributed by atoms with van der Waals surface area (Å²) in [4.78, 5) is 26.4. The van der Waals surface area contributed by atoms with Gasteiger partial charge in [0.05, 0.1) is 5.41 Å². The van der Waals surface area contributed by atoms with Crippen molar-refractivity contribution in [3.63, 3.8) is 0 Å². The smallest absolute Gasteiger partial charge is 0.407 e. The van der Waals surface area contributed by atoms with Gasteiger partial charge < -0.3 is 19.5 Å². The molecule has 0 aliphatic carbocycles. The molecule has 0 saturated heterocycles. The number of alkyl carbamates (subject to hydrolysis) is 1. The largest absolute Gasteiger partial charge is 0.460 e. The molecular formula is C34H41ClFNO5. The summed E-state index contributed by atoms with van der Waals surface area (Å²) in [5.74, 6) is -0.732. The molecule has 0 spiro atoms. The van der Waals surface area contributed by atoms with Gasteiger partial charge in [-0.2, -0.15) is 0 Å². The van der Waals surface area contributed by atoms with Crippen LogP contribution in [0.25, 0.3) is 11.1 Å². The second-order valence-electron chi connectivity index (χ2n) is 11.6. The number of rotatable bonds is 13. The zero-order valence-electron chi connectivity index (χ0n) is 25.0. The normalized spacial score (nSPS) is 13.6. The van der Waals surface area contributed by atoms with Crippen molar-refractivity contribution in [3.05, 3.63) is 94.8 Å². The number of carbonyl (C=O) groups is 2.